The molecule has 3 nitrogen and oxygen atoms in total. The van der Waals surface area contributed by atoms with Crippen LogP contribution in [0.3, 0.4) is 0 Å². The lowest BCUT2D eigenvalue weighted by atomic mass is 9.84. The molecular formula is C50H39N3. The topological polar surface area (TPSA) is 37.8 Å². The van der Waals surface area contributed by atoms with Gasteiger partial charge in [-0.05, 0) is 94.6 Å². The molecule has 1 unspecified atom stereocenters. The molecule has 2 aliphatic rings. The summed E-state index contributed by atoms with van der Waals surface area (Å²) in [6.07, 6.45) is 11.0. The maximum atomic E-state index is 5.40. The molecule has 1 N–H and O–H groups in total. The Bertz CT molecular complexity index is 2810. The number of hydrogen-bond acceptors (Lipinski definition) is 3. The number of benzene rings is 6. The average molecular weight is 682 g/mol. The zero-order valence-electron chi connectivity index (χ0n) is 29.8. The fraction of sp³-hybridized carbons (Fsp3) is 0.120. The molecule has 0 amide bonds. The van der Waals surface area contributed by atoms with Crippen LogP contribution in [0.2, 0.25) is 0 Å². The molecule has 8 aromatic rings. The molecule has 254 valence electrons. The summed E-state index contributed by atoms with van der Waals surface area (Å²) in [5.74, 6) is 0. The van der Waals surface area contributed by atoms with Crippen LogP contribution in [0.4, 0.5) is 0 Å². The summed E-state index contributed by atoms with van der Waals surface area (Å²) in [6, 6.07) is 50.6. The lowest BCUT2D eigenvalue weighted by molar-refractivity contribution is 0.535. The number of para-hydroxylation sites is 1. The summed E-state index contributed by atoms with van der Waals surface area (Å²) in [5, 5.41) is 12.5. The number of nitrogens with one attached hydrogen (secondary N) is 1. The number of nitrogens with zero attached hydrogens (tertiary/aromatic N) is 2. The van der Waals surface area contributed by atoms with Crippen molar-refractivity contribution in [2.45, 2.75) is 38.6 Å². The van der Waals surface area contributed by atoms with Crippen molar-refractivity contribution in [1.82, 2.24) is 15.3 Å². The van der Waals surface area contributed by atoms with Gasteiger partial charge in [-0.3, -0.25) is 0 Å². The molecule has 1 aliphatic heterocycles. The highest BCUT2D eigenvalue weighted by atomic mass is 15.0. The quantitative estimate of drug-likeness (QED) is 0.145. The largest absolute Gasteiger partial charge is 0.377 e. The zero-order valence-corrected chi connectivity index (χ0v) is 29.8. The van der Waals surface area contributed by atoms with Crippen LogP contribution < -0.4 is 5.32 Å². The van der Waals surface area contributed by atoms with Crippen LogP contribution in [0.25, 0.3) is 71.8 Å². The second-order valence-corrected chi connectivity index (χ2v) is 14.4. The molecule has 0 fully saturated rings. The third-order valence-corrected chi connectivity index (χ3v) is 11.2. The van der Waals surface area contributed by atoms with Crippen molar-refractivity contribution in [2.24, 2.45) is 0 Å². The summed E-state index contributed by atoms with van der Waals surface area (Å²) >= 11 is 0. The summed E-state index contributed by atoms with van der Waals surface area (Å²) in [5.41, 5.74) is 12.9. The lowest BCUT2D eigenvalue weighted by Gasteiger charge is -2.33. The molecule has 1 atom stereocenters. The Morgan fingerprint density at radius 2 is 1.30 bits per heavy atom. The number of hydrogen-bond donors (Lipinski definition) is 1. The normalized spacial score (nSPS) is 16.0. The monoisotopic (exact) mass is 681 g/mol. The predicted octanol–water partition coefficient (Wildman–Crippen LogP) is 12.7. The first-order valence-corrected chi connectivity index (χ1v) is 18.8. The number of aryl methyl sites for hydroxylation is 1. The third-order valence-electron chi connectivity index (χ3n) is 11.2. The molecule has 0 radical (unpaired) electrons. The van der Waals surface area contributed by atoms with E-state index in [1.165, 1.54) is 60.1 Å². The molecule has 6 aromatic carbocycles. The Labute approximate surface area is 310 Å². The predicted molar refractivity (Wildman–Crippen MR) is 223 cm³/mol. The van der Waals surface area contributed by atoms with Gasteiger partial charge in [0.15, 0.2) is 0 Å². The Morgan fingerprint density at radius 3 is 2.06 bits per heavy atom. The first kappa shape index (κ1) is 31.4. The average Bonchev–Trinajstić information content (AvgIpc) is 3.23. The van der Waals surface area contributed by atoms with Gasteiger partial charge in [0, 0.05) is 27.3 Å². The number of allylic oxidation sites excluding steroid dienone is 4. The second kappa shape index (κ2) is 13.0. The van der Waals surface area contributed by atoms with Crippen molar-refractivity contribution < 1.29 is 0 Å². The van der Waals surface area contributed by atoms with Gasteiger partial charge >= 0.3 is 0 Å². The highest BCUT2D eigenvalue weighted by Crippen LogP contribution is 2.43. The van der Waals surface area contributed by atoms with Gasteiger partial charge in [0.1, 0.15) is 0 Å². The first-order chi connectivity index (χ1) is 26.2. The van der Waals surface area contributed by atoms with Crippen molar-refractivity contribution in [1.29, 1.82) is 0 Å². The number of fused-ring (bicyclic) bond motifs is 10. The molecular weight excluding hydrogens is 643 g/mol. The molecule has 2 aromatic heterocycles. The number of pyridine rings is 2. The molecule has 0 saturated carbocycles. The summed E-state index contributed by atoms with van der Waals surface area (Å²) in [6.45, 7) is 2.08. The van der Waals surface area contributed by atoms with Crippen LogP contribution >= 0.6 is 0 Å². The van der Waals surface area contributed by atoms with Crippen molar-refractivity contribution in [3.63, 3.8) is 0 Å². The Morgan fingerprint density at radius 1 is 0.623 bits per heavy atom. The van der Waals surface area contributed by atoms with Gasteiger partial charge in [0.25, 0.3) is 0 Å². The Balaban J connectivity index is 1.06. The second-order valence-electron chi connectivity index (χ2n) is 14.4. The van der Waals surface area contributed by atoms with E-state index in [1.54, 1.807) is 0 Å². The van der Waals surface area contributed by atoms with E-state index in [-0.39, 0.29) is 0 Å². The van der Waals surface area contributed by atoms with E-state index >= 15 is 0 Å². The molecule has 0 spiro atoms. The smallest absolute Gasteiger partial charge is 0.0900 e. The summed E-state index contributed by atoms with van der Waals surface area (Å²) < 4.78 is 0. The minimum Gasteiger partial charge on any atom is -0.377 e. The lowest BCUT2D eigenvalue weighted by Crippen LogP contribution is -2.28. The van der Waals surface area contributed by atoms with E-state index in [2.05, 4.69) is 170 Å². The molecule has 53 heavy (non-hydrogen) atoms. The minimum absolute atomic E-state index is 0.315. The van der Waals surface area contributed by atoms with Crippen LogP contribution in [0.1, 0.15) is 60.3 Å². The first-order valence-electron chi connectivity index (χ1n) is 18.8. The van der Waals surface area contributed by atoms with Crippen molar-refractivity contribution in [3.05, 3.63) is 185 Å². The van der Waals surface area contributed by atoms with Gasteiger partial charge < -0.3 is 5.32 Å². The molecule has 1 aliphatic carbocycles. The summed E-state index contributed by atoms with van der Waals surface area (Å²) in [4.78, 5) is 10.7. The van der Waals surface area contributed by atoms with Crippen LogP contribution in [-0.4, -0.2) is 9.97 Å². The van der Waals surface area contributed by atoms with Crippen LogP contribution in [0.15, 0.2) is 157 Å². The van der Waals surface area contributed by atoms with Gasteiger partial charge in [-0.15, -0.1) is 0 Å². The van der Waals surface area contributed by atoms with E-state index in [1.807, 2.05) is 0 Å². The zero-order chi connectivity index (χ0) is 35.3. The highest BCUT2D eigenvalue weighted by Gasteiger charge is 2.28. The minimum atomic E-state index is 0.315. The number of rotatable bonds is 5. The molecule has 10 rings (SSSR count). The van der Waals surface area contributed by atoms with Crippen molar-refractivity contribution in [2.75, 3.05) is 0 Å². The van der Waals surface area contributed by atoms with Crippen molar-refractivity contribution >= 4 is 60.6 Å². The van der Waals surface area contributed by atoms with Gasteiger partial charge in [-0.1, -0.05) is 140 Å². The maximum Gasteiger partial charge on any atom is 0.0900 e. The molecule has 0 saturated heterocycles. The summed E-state index contributed by atoms with van der Waals surface area (Å²) in [7, 11) is 0. The van der Waals surface area contributed by atoms with Gasteiger partial charge in [0.2, 0.25) is 0 Å². The fourth-order valence-electron chi connectivity index (χ4n) is 8.71. The highest BCUT2D eigenvalue weighted by molar-refractivity contribution is 6.33. The van der Waals surface area contributed by atoms with E-state index in [0.717, 1.165) is 65.0 Å². The SMILES string of the molecule is C/C=C\C(=C/c1ccc(-c2ccc3c(n2)C2=C(CC3)CCC(c3ccccc3)N2)cc1)c1nc2ccccc2c2c3ccccc3c3ccccc3c12. The maximum absolute atomic E-state index is 5.40. The van der Waals surface area contributed by atoms with Gasteiger partial charge in [-0.25, -0.2) is 9.97 Å². The van der Waals surface area contributed by atoms with E-state index < -0.39 is 0 Å². The molecule has 3 heteroatoms. The van der Waals surface area contributed by atoms with E-state index in [0.29, 0.717) is 6.04 Å². The van der Waals surface area contributed by atoms with Crippen LogP contribution in [-0.2, 0) is 6.42 Å². The van der Waals surface area contributed by atoms with E-state index in [4.69, 9.17) is 9.97 Å². The van der Waals surface area contributed by atoms with Gasteiger partial charge in [-0.2, -0.15) is 0 Å². The Hall–Kier alpha value is -6.32. The molecule has 0 bridgehead atoms. The van der Waals surface area contributed by atoms with Crippen molar-refractivity contribution in [3.8, 4) is 11.3 Å². The van der Waals surface area contributed by atoms with Gasteiger partial charge in [0.05, 0.1) is 34.3 Å². The fourth-order valence-corrected chi connectivity index (χ4v) is 8.71. The van der Waals surface area contributed by atoms with Crippen LogP contribution in [0.5, 0.6) is 0 Å². The van der Waals surface area contributed by atoms with Crippen LogP contribution in [0, 0.1) is 0 Å². The third kappa shape index (κ3) is 5.43. The van der Waals surface area contributed by atoms with E-state index in [9.17, 15) is 0 Å². The molecule has 3 heterocycles. The standard InChI is InChI=1S/C50H39N3/c1-2-12-37(48-47-41-18-9-7-16-39(41)38-15-6-8-17-40(38)46(47)42-19-10-11-20-45(42)53-48)31-32-21-23-34(24-22-32)44-30-28-36-26-25-35-27-29-43(33-13-4-3-5-14-33)51-49(35)50(36)52-44/h2-24,28,30-31,43,51H,25-27,29H2,1H3/b12-2-,37-31+. The number of aromatic nitrogens is 2. The Kier molecular flexibility index (Phi) is 7.72.